The van der Waals surface area contributed by atoms with Crippen LogP contribution in [0.5, 0.6) is 12.0 Å². The summed E-state index contributed by atoms with van der Waals surface area (Å²) in [6, 6.07) is 44.4. The number of piperazine rings is 2. The maximum Gasteiger partial charge on any atom is 0.407 e. The predicted molar refractivity (Wildman–Crippen MR) is 348 cm³/mol. The van der Waals surface area contributed by atoms with Gasteiger partial charge >= 0.3 is 24.2 Å². The van der Waals surface area contributed by atoms with Gasteiger partial charge < -0.3 is 54.4 Å². The van der Waals surface area contributed by atoms with Gasteiger partial charge in [0.25, 0.3) is 0 Å². The van der Waals surface area contributed by atoms with Gasteiger partial charge in [-0.05, 0) is 86.5 Å². The lowest BCUT2D eigenvalue weighted by atomic mass is 9.83. The summed E-state index contributed by atoms with van der Waals surface area (Å²) in [5.41, 5.74) is 6.30. The van der Waals surface area contributed by atoms with Gasteiger partial charge in [0.1, 0.15) is 24.8 Å². The fourth-order valence-corrected chi connectivity index (χ4v) is 14.2. The molecule has 4 unspecified atom stereocenters. The van der Waals surface area contributed by atoms with Gasteiger partial charge in [0.05, 0.1) is 67.6 Å². The molecule has 3 N–H and O–H groups in total. The van der Waals surface area contributed by atoms with Crippen LogP contribution in [0, 0.1) is 22.7 Å². The molecule has 3 amide bonds. The third-order valence-corrected chi connectivity index (χ3v) is 18.9. The van der Waals surface area contributed by atoms with E-state index in [9.17, 15) is 35.1 Å². The third-order valence-electron chi connectivity index (χ3n) is 18.9. The maximum absolute atomic E-state index is 12.6. The Hall–Kier alpha value is -9.51. The number of aromatic nitrogens is 4. The second kappa shape index (κ2) is 27.7. The minimum absolute atomic E-state index is 0.0650. The van der Waals surface area contributed by atoms with E-state index >= 15 is 0 Å². The topological polar surface area (TPSA) is 247 Å². The van der Waals surface area contributed by atoms with E-state index in [1.54, 1.807) is 19.0 Å². The summed E-state index contributed by atoms with van der Waals surface area (Å²) in [4.78, 5) is 72.4. The Balaban J connectivity index is 0.000000176. The van der Waals surface area contributed by atoms with Crippen LogP contribution < -0.4 is 34.4 Å². The fraction of sp³-hybridized carbons (Fsp3) is 0.435. The SMILES string of the molecule is CN(C)C(=O)CN1CCCC1COc1nc2c(c(N3CCN(C(=O)O)C(CC#N)C3)n1)CCN(c1cccc3ccccc13)C2.N#CCC1(Cc2ccccc2)CN(c2nc(OCC3CCCN3)nc3c2CCN(c2cccc4ccccc24)C3)CCN1C(=O)O. The van der Waals surface area contributed by atoms with Crippen LogP contribution in [-0.4, -0.2) is 191 Å². The van der Waals surface area contributed by atoms with E-state index in [4.69, 9.17) is 29.4 Å². The monoisotopic (exact) mass is 1230 g/mol. The van der Waals surface area contributed by atoms with E-state index in [1.165, 1.54) is 37.0 Å². The summed E-state index contributed by atoms with van der Waals surface area (Å²) in [5.74, 6) is 1.61. The number of amides is 3. The molecule has 0 spiro atoms. The fourth-order valence-electron chi connectivity index (χ4n) is 14.2. The lowest BCUT2D eigenvalue weighted by Gasteiger charge is -2.49. The predicted octanol–water partition coefficient (Wildman–Crippen LogP) is 8.22. The molecule has 0 bridgehead atoms. The van der Waals surface area contributed by atoms with Gasteiger partial charge in [-0.1, -0.05) is 103 Å². The summed E-state index contributed by atoms with van der Waals surface area (Å²) < 4.78 is 12.6. The standard InChI is InChI=1S/C36H39N7O3.C33H40N8O4/c37-17-16-36(22-26-8-2-1-3-9-26)25-42(20-21-43(36)35(44)45)33-30-15-19-41(32-14-6-11-27-10-4-5-13-29(27)32)23-31(30)39-34(40-33)46-24-28-12-7-18-38-28;1-37(2)30(42)21-38-15-6-9-25(38)22-45-32-35-28-20-39(29-11-5-8-23-7-3-4-10-26(23)29)16-13-27(28)31(36-32)40-17-18-41(33(43)44)24(19-40)12-14-34/h1-6,8-11,13-14,28,38H,7,12,15-16,18-25H2,(H,44,45);3-5,7-8,10-11,24-25H,6,9,12-13,15-22H2,1-2H3,(H,43,44). The van der Waals surface area contributed by atoms with Crippen LogP contribution in [0.15, 0.2) is 115 Å². The Labute approximate surface area is 530 Å². The molecule has 0 saturated carbocycles. The molecule has 5 aromatic carbocycles. The molecule has 6 aliphatic heterocycles. The van der Waals surface area contributed by atoms with E-state index in [1.807, 2.05) is 36.4 Å². The van der Waals surface area contributed by atoms with Crippen LogP contribution in [-0.2, 0) is 37.1 Å². The molecule has 2 aromatic heterocycles. The quantitative estimate of drug-likeness (QED) is 0.0824. The van der Waals surface area contributed by atoms with Gasteiger partial charge in [-0.3, -0.25) is 14.6 Å². The first-order valence-electron chi connectivity index (χ1n) is 31.8. The summed E-state index contributed by atoms with van der Waals surface area (Å²) in [5, 5.41) is 47.7. The summed E-state index contributed by atoms with van der Waals surface area (Å²) >= 11 is 0. The van der Waals surface area contributed by atoms with Crippen LogP contribution in [0.25, 0.3) is 21.5 Å². The first kappa shape index (κ1) is 61.7. The van der Waals surface area contributed by atoms with Crippen molar-refractivity contribution in [1.29, 1.82) is 10.5 Å². The average molecular weight is 1230 g/mol. The number of carbonyl (C=O) groups excluding carboxylic acids is 1. The molecular weight excluding hydrogens is 1150 g/mol. The van der Waals surface area contributed by atoms with E-state index in [0.29, 0.717) is 71.5 Å². The Morgan fingerprint density at radius 1 is 0.637 bits per heavy atom. The summed E-state index contributed by atoms with van der Waals surface area (Å²) in [6.45, 7) is 8.03. The number of rotatable bonds is 16. The van der Waals surface area contributed by atoms with Crippen molar-refractivity contribution in [1.82, 2.24) is 44.9 Å². The molecule has 22 nitrogen and oxygen atoms in total. The summed E-state index contributed by atoms with van der Waals surface area (Å²) in [6.07, 6.45) is 4.17. The zero-order valence-electron chi connectivity index (χ0n) is 51.9. The Morgan fingerprint density at radius 3 is 1.84 bits per heavy atom. The number of anilines is 4. The molecule has 7 aromatic rings. The van der Waals surface area contributed by atoms with Crippen molar-refractivity contribution in [2.24, 2.45) is 0 Å². The van der Waals surface area contributed by atoms with E-state index in [0.717, 1.165) is 110 Å². The van der Waals surface area contributed by atoms with E-state index < -0.39 is 23.8 Å². The van der Waals surface area contributed by atoms with E-state index in [-0.39, 0.29) is 49.9 Å². The van der Waals surface area contributed by atoms with Crippen molar-refractivity contribution >= 4 is 62.6 Å². The highest BCUT2D eigenvalue weighted by Gasteiger charge is 2.46. The van der Waals surface area contributed by atoms with Crippen molar-refractivity contribution in [3.05, 3.63) is 143 Å². The van der Waals surface area contributed by atoms with Crippen LogP contribution in [0.2, 0.25) is 0 Å². The summed E-state index contributed by atoms with van der Waals surface area (Å²) in [7, 11) is 3.54. The Kier molecular flexibility index (Phi) is 18.8. The molecule has 0 radical (unpaired) electrons. The first-order chi connectivity index (χ1) is 44.3. The molecule has 91 heavy (non-hydrogen) atoms. The molecule has 22 heteroatoms. The lowest BCUT2D eigenvalue weighted by Crippen LogP contribution is -2.65. The van der Waals surface area contributed by atoms with Crippen LogP contribution in [0.3, 0.4) is 0 Å². The first-order valence-corrected chi connectivity index (χ1v) is 31.8. The Bertz CT molecular complexity index is 3850. The molecule has 13 rings (SSSR count). The number of likely N-dealkylation sites (N-methyl/N-ethyl adjacent to an activating group) is 1. The zero-order chi connectivity index (χ0) is 63.0. The minimum atomic E-state index is -1.01. The largest absolute Gasteiger partial charge is 0.465 e. The number of benzene rings is 5. The second-order valence-corrected chi connectivity index (χ2v) is 24.8. The van der Waals surface area contributed by atoms with Crippen molar-refractivity contribution < 1.29 is 34.1 Å². The van der Waals surface area contributed by atoms with E-state index in [2.05, 4.69) is 121 Å². The normalized spacial score (nSPS) is 20.7. The molecule has 0 aliphatic carbocycles. The number of carbonyl (C=O) groups is 3. The highest BCUT2D eigenvalue weighted by molar-refractivity contribution is 5.95. The van der Waals surface area contributed by atoms with Crippen molar-refractivity contribution in [2.75, 3.05) is 119 Å². The van der Waals surface area contributed by atoms with Gasteiger partial charge in [-0.2, -0.15) is 30.5 Å². The van der Waals surface area contributed by atoms with Gasteiger partial charge in [0.2, 0.25) is 5.91 Å². The van der Waals surface area contributed by atoms with Gasteiger partial charge in [0, 0.05) is 112 Å². The number of likely N-dealkylation sites (tertiary alicyclic amines) is 1. The maximum atomic E-state index is 12.6. The second-order valence-electron chi connectivity index (χ2n) is 24.8. The number of hydrogen-bond acceptors (Lipinski definition) is 17. The Morgan fingerprint density at radius 2 is 1.24 bits per heavy atom. The van der Waals surface area contributed by atoms with Crippen LogP contribution in [0.4, 0.5) is 32.6 Å². The highest BCUT2D eigenvalue weighted by atomic mass is 16.5. The van der Waals surface area contributed by atoms with Gasteiger partial charge in [-0.15, -0.1) is 0 Å². The lowest BCUT2D eigenvalue weighted by molar-refractivity contribution is -0.130. The van der Waals surface area contributed by atoms with Crippen LogP contribution in [0.1, 0.15) is 66.6 Å². The number of ether oxygens (including phenoxy) is 2. The number of carboxylic acid groups (broad SMARTS) is 2. The smallest absolute Gasteiger partial charge is 0.407 e. The third kappa shape index (κ3) is 13.7. The minimum Gasteiger partial charge on any atom is -0.465 e. The molecule has 4 fully saturated rings. The molecule has 6 aliphatic rings. The molecular formula is C69H79N15O7. The van der Waals surface area contributed by atoms with Crippen molar-refractivity contribution in [3.8, 4) is 24.2 Å². The number of nitrogens with one attached hydrogen (secondary N) is 1. The van der Waals surface area contributed by atoms with Gasteiger partial charge in [-0.25, -0.2) is 9.59 Å². The molecule has 4 saturated heterocycles. The number of nitriles is 2. The highest BCUT2D eigenvalue weighted by Crippen LogP contribution is 2.39. The average Bonchev–Trinajstić information content (AvgIpc) is 1.05. The number of hydrogen-bond donors (Lipinski definition) is 3. The van der Waals surface area contributed by atoms with Crippen molar-refractivity contribution in [3.63, 3.8) is 0 Å². The van der Waals surface area contributed by atoms with Gasteiger partial charge in [0.15, 0.2) is 0 Å². The van der Waals surface area contributed by atoms with Crippen molar-refractivity contribution in [2.45, 2.75) is 94.5 Å². The number of fused-ring (bicyclic) bond motifs is 4. The number of nitrogens with zero attached hydrogens (tertiary/aromatic N) is 14. The zero-order valence-corrected chi connectivity index (χ0v) is 51.9. The van der Waals surface area contributed by atoms with Crippen LogP contribution >= 0.6 is 0 Å². The molecule has 472 valence electrons. The molecule has 8 heterocycles. The molecule has 4 atom stereocenters.